The Bertz CT molecular complexity index is 512. The summed E-state index contributed by atoms with van der Waals surface area (Å²) in [5.74, 6) is 0.150. The van der Waals surface area contributed by atoms with Gasteiger partial charge in [-0.05, 0) is 17.3 Å². The van der Waals surface area contributed by atoms with Crippen LogP contribution in [0.1, 0.15) is 0 Å². The molecule has 2 aromatic rings. The summed E-state index contributed by atoms with van der Waals surface area (Å²) in [6.45, 7) is -0.795. The lowest BCUT2D eigenvalue weighted by Gasteiger charge is -2.12. The molecule has 2 heterocycles. The molecule has 0 saturated heterocycles. The van der Waals surface area contributed by atoms with E-state index in [0.29, 0.717) is 10.4 Å². The van der Waals surface area contributed by atoms with Gasteiger partial charge in [0.25, 0.3) is 0 Å². The van der Waals surface area contributed by atoms with Gasteiger partial charge < -0.3 is 5.11 Å². The Morgan fingerprint density at radius 3 is 2.78 bits per heavy atom. The number of alkyl halides is 3. The lowest BCUT2D eigenvalue weighted by molar-refractivity contribution is -0.208. The first-order chi connectivity index (χ1) is 8.47. The maximum absolute atomic E-state index is 12.1. The second-order valence-electron chi connectivity index (χ2n) is 3.47. The predicted molar refractivity (Wildman–Crippen MR) is 53.1 cm³/mol. The van der Waals surface area contributed by atoms with E-state index in [1.54, 1.807) is 18.3 Å². The van der Waals surface area contributed by atoms with Gasteiger partial charge in [0.15, 0.2) is 6.10 Å². The van der Waals surface area contributed by atoms with Crippen molar-refractivity contribution >= 4 is 0 Å². The quantitative estimate of drug-likeness (QED) is 0.876. The Morgan fingerprint density at radius 1 is 1.39 bits per heavy atom. The summed E-state index contributed by atoms with van der Waals surface area (Å²) in [4.78, 5) is 4.52. The minimum Gasteiger partial charge on any atom is -0.382 e. The summed E-state index contributed by atoms with van der Waals surface area (Å²) in [6.07, 6.45) is -4.22. The minimum absolute atomic E-state index is 0.150. The SMILES string of the molecule is O[C@H](Cn1nnc(-c2cccnc2)n1)C(F)(F)F. The molecule has 9 heteroatoms. The van der Waals surface area contributed by atoms with E-state index in [9.17, 15) is 13.2 Å². The number of halogens is 3. The zero-order valence-electron chi connectivity index (χ0n) is 8.91. The Kier molecular flexibility index (Phi) is 3.24. The van der Waals surface area contributed by atoms with Crippen molar-refractivity contribution in [2.24, 2.45) is 0 Å². The maximum Gasteiger partial charge on any atom is 0.416 e. The minimum atomic E-state index is -4.71. The van der Waals surface area contributed by atoms with E-state index in [0.717, 1.165) is 0 Å². The first-order valence-corrected chi connectivity index (χ1v) is 4.90. The van der Waals surface area contributed by atoms with Crippen molar-refractivity contribution in [3.63, 3.8) is 0 Å². The lowest BCUT2D eigenvalue weighted by Crippen LogP contribution is -2.33. The molecule has 96 valence electrons. The number of pyridine rings is 1. The molecule has 1 atom stereocenters. The highest BCUT2D eigenvalue weighted by Gasteiger charge is 2.38. The molecule has 0 spiro atoms. The molecule has 0 saturated carbocycles. The van der Waals surface area contributed by atoms with E-state index in [1.165, 1.54) is 6.20 Å². The number of tetrazole rings is 1. The second-order valence-corrected chi connectivity index (χ2v) is 3.47. The van der Waals surface area contributed by atoms with E-state index in [4.69, 9.17) is 5.11 Å². The molecule has 1 N–H and O–H groups in total. The standard InChI is InChI=1S/C9H8F3N5O/c10-9(11,12)7(18)5-17-15-8(14-16-17)6-2-1-3-13-4-6/h1-4,7,18H,5H2/t7-/m1/s1. The van der Waals surface area contributed by atoms with E-state index < -0.39 is 18.8 Å². The van der Waals surface area contributed by atoms with Gasteiger partial charge in [0.05, 0.1) is 6.54 Å². The molecule has 0 radical (unpaired) electrons. The van der Waals surface area contributed by atoms with Crippen molar-refractivity contribution in [3.8, 4) is 11.4 Å². The topological polar surface area (TPSA) is 76.7 Å². The van der Waals surface area contributed by atoms with Crippen molar-refractivity contribution < 1.29 is 18.3 Å². The lowest BCUT2D eigenvalue weighted by atomic mass is 10.3. The van der Waals surface area contributed by atoms with Crippen LogP contribution in [0.4, 0.5) is 13.2 Å². The van der Waals surface area contributed by atoms with Crippen LogP contribution in [0.15, 0.2) is 24.5 Å². The maximum atomic E-state index is 12.1. The smallest absolute Gasteiger partial charge is 0.382 e. The van der Waals surface area contributed by atoms with Crippen LogP contribution in [0.3, 0.4) is 0 Å². The Balaban J connectivity index is 2.12. The van der Waals surface area contributed by atoms with Gasteiger partial charge in [-0.2, -0.15) is 18.0 Å². The summed E-state index contributed by atoms with van der Waals surface area (Å²) in [6, 6.07) is 3.29. The number of nitrogens with zero attached hydrogens (tertiary/aromatic N) is 5. The van der Waals surface area contributed by atoms with Gasteiger partial charge in [0.2, 0.25) is 5.82 Å². The van der Waals surface area contributed by atoms with Gasteiger partial charge in [0, 0.05) is 18.0 Å². The summed E-state index contributed by atoms with van der Waals surface area (Å²) in [5, 5.41) is 19.6. The van der Waals surface area contributed by atoms with Crippen LogP contribution in [0.2, 0.25) is 0 Å². The second kappa shape index (κ2) is 4.69. The fraction of sp³-hybridized carbons (Fsp3) is 0.333. The van der Waals surface area contributed by atoms with Crippen LogP contribution in [0.25, 0.3) is 11.4 Å². The summed E-state index contributed by atoms with van der Waals surface area (Å²) >= 11 is 0. The number of aliphatic hydroxyl groups is 1. The molecular formula is C9H8F3N5O. The van der Waals surface area contributed by atoms with Gasteiger partial charge in [-0.25, -0.2) is 0 Å². The zero-order chi connectivity index (χ0) is 13.2. The molecule has 2 rings (SSSR count). The average molecular weight is 259 g/mol. The van der Waals surface area contributed by atoms with Crippen molar-refractivity contribution in [2.45, 2.75) is 18.8 Å². The van der Waals surface area contributed by atoms with Gasteiger partial charge in [-0.15, -0.1) is 10.2 Å². The van der Waals surface area contributed by atoms with Gasteiger partial charge in [-0.1, -0.05) is 0 Å². The van der Waals surface area contributed by atoms with Crippen LogP contribution < -0.4 is 0 Å². The molecule has 0 aliphatic heterocycles. The van der Waals surface area contributed by atoms with Crippen molar-refractivity contribution in [1.29, 1.82) is 0 Å². The Morgan fingerprint density at radius 2 is 2.17 bits per heavy atom. The molecule has 0 aliphatic rings. The van der Waals surface area contributed by atoms with Gasteiger partial charge in [0.1, 0.15) is 0 Å². The van der Waals surface area contributed by atoms with Crippen LogP contribution in [0, 0.1) is 0 Å². The highest BCUT2D eigenvalue weighted by Crippen LogP contribution is 2.21. The summed E-state index contributed by atoms with van der Waals surface area (Å²) in [7, 11) is 0. The van der Waals surface area contributed by atoms with Crippen molar-refractivity contribution in [1.82, 2.24) is 25.2 Å². The normalized spacial score (nSPS) is 13.6. The monoisotopic (exact) mass is 259 g/mol. The number of hydrogen-bond donors (Lipinski definition) is 1. The van der Waals surface area contributed by atoms with Crippen LogP contribution >= 0.6 is 0 Å². The van der Waals surface area contributed by atoms with E-state index in [1.807, 2.05) is 0 Å². The van der Waals surface area contributed by atoms with Gasteiger partial charge >= 0.3 is 6.18 Å². The fourth-order valence-corrected chi connectivity index (χ4v) is 1.19. The van der Waals surface area contributed by atoms with Crippen molar-refractivity contribution in [2.75, 3.05) is 0 Å². The summed E-state index contributed by atoms with van der Waals surface area (Å²) in [5.41, 5.74) is 0.533. The molecule has 0 aromatic carbocycles. The molecule has 6 nitrogen and oxygen atoms in total. The third-order valence-electron chi connectivity index (χ3n) is 2.09. The Hall–Kier alpha value is -2.03. The van der Waals surface area contributed by atoms with Crippen LogP contribution in [0.5, 0.6) is 0 Å². The summed E-state index contributed by atoms with van der Waals surface area (Å²) < 4.78 is 36.3. The molecule has 0 unspecified atom stereocenters. The highest BCUT2D eigenvalue weighted by molar-refractivity contribution is 5.51. The molecule has 0 aliphatic carbocycles. The van der Waals surface area contributed by atoms with Crippen LogP contribution in [-0.2, 0) is 6.54 Å². The average Bonchev–Trinajstić information content (AvgIpc) is 2.77. The molecule has 0 bridgehead atoms. The van der Waals surface area contributed by atoms with E-state index in [-0.39, 0.29) is 5.82 Å². The number of rotatable bonds is 3. The molecule has 2 aromatic heterocycles. The first kappa shape index (κ1) is 12.4. The van der Waals surface area contributed by atoms with E-state index >= 15 is 0 Å². The third kappa shape index (κ3) is 2.80. The molecule has 0 fully saturated rings. The highest BCUT2D eigenvalue weighted by atomic mass is 19.4. The Labute approximate surface area is 99.1 Å². The largest absolute Gasteiger partial charge is 0.416 e. The number of aliphatic hydroxyl groups excluding tert-OH is 1. The predicted octanol–water partition coefficient (Wildman–Crippen LogP) is 0.658. The molecular weight excluding hydrogens is 251 g/mol. The van der Waals surface area contributed by atoms with E-state index in [2.05, 4.69) is 20.4 Å². The third-order valence-corrected chi connectivity index (χ3v) is 2.09. The van der Waals surface area contributed by atoms with Crippen LogP contribution in [-0.4, -0.2) is 42.6 Å². The van der Waals surface area contributed by atoms with Gasteiger partial charge in [-0.3, -0.25) is 4.98 Å². The number of aromatic nitrogens is 5. The first-order valence-electron chi connectivity index (χ1n) is 4.90. The van der Waals surface area contributed by atoms with Crippen molar-refractivity contribution in [3.05, 3.63) is 24.5 Å². The zero-order valence-corrected chi connectivity index (χ0v) is 8.91. The number of hydrogen-bond acceptors (Lipinski definition) is 5. The fourth-order valence-electron chi connectivity index (χ4n) is 1.19. The molecule has 18 heavy (non-hydrogen) atoms. The molecule has 0 amide bonds.